The molecule has 0 atom stereocenters. The summed E-state index contributed by atoms with van der Waals surface area (Å²) in [5.41, 5.74) is 0. The van der Waals surface area contributed by atoms with E-state index in [0.717, 1.165) is 52.6 Å². The number of nitrogens with zero attached hydrogens (tertiary/aromatic N) is 2. The second kappa shape index (κ2) is 11.4. The van der Waals surface area contributed by atoms with Gasteiger partial charge in [0.05, 0.1) is 26.4 Å². The van der Waals surface area contributed by atoms with Crippen LogP contribution < -0.4 is 0 Å². The van der Waals surface area contributed by atoms with Crippen molar-refractivity contribution < 1.29 is 29.0 Å². The first kappa shape index (κ1) is 19.8. The predicted octanol–water partition coefficient (Wildman–Crippen LogP) is 0.298. The molecule has 0 N–H and O–H groups in total. The minimum Gasteiger partial charge on any atom is -0.411 e. The molecule has 0 spiro atoms. The Morgan fingerprint density at radius 2 is 1.00 bits per heavy atom. The minimum absolute atomic E-state index is 0. The van der Waals surface area contributed by atoms with E-state index >= 15 is 0 Å². The van der Waals surface area contributed by atoms with Crippen LogP contribution in [0.5, 0.6) is 0 Å². The molecule has 2 aliphatic rings. The SMILES string of the molecule is S=C([S-])N1CCOCC1.S=C([S-])N1CCOCC1.[Zn]. The summed E-state index contributed by atoms with van der Waals surface area (Å²) in [7, 11) is 0. The molecule has 0 bridgehead atoms. The van der Waals surface area contributed by atoms with Crippen molar-refractivity contribution in [2.45, 2.75) is 0 Å². The van der Waals surface area contributed by atoms with E-state index in [4.69, 9.17) is 59.2 Å². The molecule has 0 aliphatic carbocycles. The van der Waals surface area contributed by atoms with Crippen LogP contribution in [-0.4, -0.2) is 71.0 Å². The van der Waals surface area contributed by atoms with Gasteiger partial charge in [-0.25, -0.2) is 0 Å². The largest absolute Gasteiger partial charge is 0.411 e. The van der Waals surface area contributed by atoms with E-state index in [1.807, 2.05) is 9.80 Å². The van der Waals surface area contributed by atoms with Gasteiger partial charge in [-0.3, -0.25) is 0 Å². The first-order valence-electron chi connectivity index (χ1n) is 5.68. The van der Waals surface area contributed by atoms with Crippen LogP contribution in [0, 0.1) is 0 Å². The maximum atomic E-state index is 5.10. The third-order valence-corrected chi connectivity index (χ3v) is 3.57. The smallest absolute Gasteiger partial charge is 0.0641 e. The van der Waals surface area contributed by atoms with Crippen molar-refractivity contribution in [1.82, 2.24) is 9.80 Å². The zero-order valence-electron chi connectivity index (χ0n) is 10.7. The van der Waals surface area contributed by atoms with Crippen LogP contribution in [0.3, 0.4) is 0 Å². The summed E-state index contributed by atoms with van der Waals surface area (Å²) < 4.78 is 11.3. The molecule has 0 aromatic heterocycles. The van der Waals surface area contributed by atoms with Gasteiger partial charge >= 0.3 is 0 Å². The maximum Gasteiger partial charge on any atom is 0.0641 e. The molecule has 0 aromatic rings. The molecule has 2 fully saturated rings. The Balaban J connectivity index is 0.000000324. The zero-order valence-corrected chi connectivity index (χ0v) is 16.9. The van der Waals surface area contributed by atoms with Crippen molar-refractivity contribution in [1.29, 1.82) is 0 Å². The molecule has 0 unspecified atom stereocenters. The third kappa shape index (κ3) is 8.60. The molecule has 0 amide bonds. The molecule has 4 nitrogen and oxygen atoms in total. The van der Waals surface area contributed by atoms with Gasteiger partial charge in [0.2, 0.25) is 0 Å². The molecule has 0 radical (unpaired) electrons. The molecule has 2 aliphatic heterocycles. The van der Waals surface area contributed by atoms with Gasteiger partial charge in [0, 0.05) is 45.7 Å². The van der Waals surface area contributed by atoms with Crippen LogP contribution in [0.4, 0.5) is 0 Å². The van der Waals surface area contributed by atoms with Crippen LogP contribution in [-0.2, 0) is 54.2 Å². The molecule has 2 heterocycles. The fourth-order valence-corrected chi connectivity index (χ4v) is 2.22. The van der Waals surface area contributed by atoms with E-state index in [-0.39, 0.29) is 19.5 Å². The standard InChI is InChI=1S/2C5H9NOS2.Zn/c2*8-5(9)6-1-3-7-4-2-6;/h2*1-4H2,(H,8,9);/p-2. The number of thiocarbonyl (C=S) groups is 2. The Labute approximate surface area is 149 Å². The average molecular weight is 390 g/mol. The first-order valence-corrected chi connectivity index (χ1v) is 7.32. The fourth-order valence-electron chi connectivity index (χ4n) is 1.49. The van der Waals surface area contributed by atoms with Gasteiger partial charge in [0.15, 0.2) is 0 Å². The van der Waals surface area contributed by atoms with E-state index in [1.54, 1.807) is 0 Å². The summed E-state index contributed by atoms with van der Waals surface area (Å²) in [6.45, 7) is 6.50. The Hall–Kier alpha value is 0.763. The summed E-state index contributed by atoms with van der Waals surface area (Å²) in [5, 5.41) is 0. The van der Waals surface area contributed by atoms with Gasteiger partial charge in [-0.15, -0.1) is 0 Å². The Morgan fingerprint density at radius 3 is 1.16 bits per heavy atom. The summed E-state index contributed by atoms with van der Waals surface area (Å²) in [4.78, 5) is 3.96. The Morgan fingerprint density at radius 1 is 0.737 bits per heavy atom. The predicted molar refractivity (Wildman–Crippen MR) is 84.7 cm³/mol. The Bertz CT molecular complexity index is 257. The average Bonchev–Trinajstić information content (AvgIpc) is 2.41. The van der Waals surface area contributed by atoms with E-state index < -0.39 is 0 Å². The first-order chi connectivity index (χ1) is 8.61. The number of morpholine rings is 2. The van der Waals surface area contributed by atoms with Gasteiger partial charge in [-0.1, -0.05) is 8.64 Å². The van der Waals surface area contributed by atoms with Crippen LogP contribution in [0.1, 0.15) is 0 Å². The minimum atomic E-state index is 0. The molecule has 19 heavy (non-hydrogen) atoms. The summed E-state index contributed by atoms with van der Waals surface area (Å²) in [6.07, 6.45) is 0. The summed E-state index contributed by atoms with van der Waals surface area (Å²) in [5.74, 6) is 0. The normalized spacial score (nSPS) is 18.7. The molecule has 2 rings (SSSR count). The van der Waals surface area contributed by atoms with E-state index in [9.17, 15) is 0 Å². The molecular formula is C10H16N2O2S4Zn-2. The van der Waals surface area contributed by atoms with Crippen LogP contribution in [0.15, 0.2) is 0 Å². The van der Waals surface area contributed by atoms with Gasteiger partial charge in [0.25, 0.3) is 0 Å². The number of hydrogen-bond acceptors (Lipinski definition) is 6. The third-order valence-electron chi connectivity index (χ3n) is 2.54. The molecule has 2 saturated heterocycles. The van der Waals surface area contributed by atoms with Gasteiger partial charge in [0.1, 0.15) is 0 Å². The monoisotopic (exact) mass is 388 g/mol. The van der Waals surface area contributed by atoms with E-state index in [0.29, 0.717) is 8.64 Å². The van der Waals surface area contributed by atoms with Crippen LogP contribution in [0.2, 0.25) is 0 Å². The molecule has 0 saturated carbocycles. The Kier molecular flexibility index (Phi) is 11.9. The molecule has 0 aromatic carbocycles. The van der Waals surface area contributed by atoms with Crippen molar-refractivity contribution in [3.8, 4) is 0 Å². The van der Waals surface area contributed by atoms with Crippen LogP contribution >= 0.6 is 24.4 Å². The molecular weight excluding hydrogens is 374 g/mol. The van der Waals surface area contributed by atoms with Crippen LogP contribution in [0.25, 0.3) is 0 Å². The quantitative estimate of drug-likeness (QED) is 0.331. The fraction of sp³-hybridized carbons (Fsp3) is 0.800. The molecule has 9 heteroatoms. The van der Waals surface area contributed by atoms with Crippen molar-refractivity contribution in [2.75, 3.05) is 52.6 Å². The summed E-state index contributed by atoms with van der Waals surface area (Å²) in [6, 6.07) is 0. The van der Waals surface area contributed by atoms with Gasteiger partial charge in [-0.05, 0) is 0 Å². The van der Waals surface area contributed by atoms with E-state index in [2.05, 4.69) is 0 Å². The number of ether oxygens (including phenoxy) is 2. The maximum absolute atomic E-state index is 5.10. The van der Waals surface area contributed by atoms with Gasteiger partial charge in [-0.2, -0.15) is 0 Å². The number of rotatable bonds is 0. The number of hydrogen-bond donors (Lipinski definition) is 0. The van der Waals surface area contributed by atoms with Crippen molar-refractivity contribution in [3.05, 3.63) is 0 Å². The van der Waals surface area contributed by atoms with Gasteiger partial charge < -0.3 is 69.0 Å². The topological polar surface area (TPSA) is 24.9 Å². The zero-order chi connectivity index (χ0) is 13.4. The van der Waals surface area contributed by atoms with Crippen molar-refractivity contribution in [2.24, 2.45) is 0 Å². The second-order valence-corrected chi connectivity index (χ2v) is 5.79. The van der Waals surface area contributed by atoms with Crippen molar-refractivity contribution >= 4 is 58.3 Å². The second-order valence-electron chi connectivity index (χ2n) is 3.73. The van der Waals surface area contributed by atoms with Crippen molar-refractivity contribution in [3.63, 3.8) is 0 Å². The molecule has 106 valence electrons. The summed E-state index contributed by atoms with van der Waals surface area (Å²) >= 11 is 19.2. The van der Waals surface area contributed by atoms with E-state index in [1.165, 1.54) is 0 Å².